The molecule has 0 fully saturated rings. The van der Waals surface area contributed by atoms with Gasteiger partial charge in [0.2, 0.25) is 6.41 Å². The fourth-order valence-corrected chi connectivity index (χ4v) is 1.60. The minimum atomic E-state index is -1.16. The molecular formula is C7H5ClN2O3S. The molecule has 0 aromatic carbocycles. The van der Waals surface area contributed by atoms with Crippen LogP contribution in [0.4, 0.5) is 5.13 Å². The van der Waals surface area contributed by atoms with E-state index in [0.717, 1.165) is 16.9 Å². The highest BCUT2D eigenvalue weighted by molar-refractivity contribution is 7.14. The molecule has 0 saturated heterocycles. The second-order valence-corrected chi connectivity index (χ2v) is 3.20. The van der Waals surface area contributed by atoms with E-state index in [1.54, 1.807) is 0 Å². The number of carbonyl (C=O) groups excluding carboxylic acids is 1. The molecule has 1 heterocycles. The fraction of sp³-hybridized carbons (Fsp3) is 0. The van der Waals surface area contributed by atoms with E-state index in [9.17, 15) is 9.59 Å². The van der Waals surface area contributed by atoms with Crippen molar-refractivity contribution < 1.29 is 14.7 Å². The van der Waals surface area contributed by atoms with Crippen LogP contribution in [-0.4, -0.2) is 22.5 Å². The molecule has 0 aliphatic heterocycles. The first-order chi connectivity index (χ1) is 6.69. The summed E-state index contributed by atoms with van der Waals surface area (Å²) in [5.41, 5.74) is 1.05. The molecule has 74 valence electrons. The van der Waals surface area contributed by atoms with E-state index in [-0.39, 0.29) is 11.3 Å². The fourth-order valence-electron chi connectivity index (χ4n) is 0.726. The molecule has 0 radical (unpaired) electrons. The van der Waals surface area contributed by atoms with Gasteiger partial charge in [0.15, 0.2) is 5.13 Å². The lowest BCUT2D eigenvalue weighted by atomic mass is 10.2. The van der Waals surface area contributed by atoms with E-state index >= 15 is 0 Å². The lowest BCUT2D eigenvalue weighted by Gasteiger charge is -1.93. The predicted octanol–water partition coefficient (Wildman–Crippen LogP) is 1.38. The Balaban J connectivity index is 2.95. The van der Waals surface area contributed by atoms with Crippen LogP contribution in [0.3, 0.4) is 0 Å². The van der Waals surface area contributed by atoms with Gasteiger partial charge in [-0.05, 0) is 0 Å². The van der Waals surface area contributed by atoms with Crippen LogP contribution in [0, 0.1) is 0 Å². The number of anilines is 1. The van der Waals surface area contributed by atoms with Gasteiger partial charge in [-0.25, -0.2) is 9.78 Å². The molecule has 0 unspecified atom stereocenters. The van der Waals surface area contributed by atoms with E-state index in [1.165, 1.54) is 5.38 Å². The molecule has 1 amide bonds. The van der Waals surface area contributed by atoms with E-state index in [2.05, 4.69) is 10.3 Å². The van der Waals surface area contributed by atoms with Gasteiger partial charge >= 0.3 is 5.97 Å². The second kappa shape index (κ2) is 4.73. The van der Waals surface area contributed by atoms with Crippen molar-refractivity contribution >= 4 is 46.0 Å². The Labute approximate surface area is 88.0 Å². The third kappa shape index (κ3) is 2.30. The molecule has 1 aromatic heterocycles. The van der Waals surface area contributed by atoms with Crippen LogP contribution < -0.4 is 5.32 Å². The molecule has 1 aromatic rings. The highest BCUT2D eigenvalue weighted by Crippen LogP contribution is 2.21. The molecule has 0 saturated carbocycles. The van der Waals surface area contributed by atoms with Crippen molar-refractivity contribution in [2.24, 2.45) is 0 Å². The normalized spacial score (nSPS) is 11.1. The molecule has 0 spiro atoms. The number of hydrogen-bond acceptors (Lipinski definition) is 4. The highest BCUT2D eigenvalue weighted by atomic mass is 35.5. The van der Waals surface area contributed by atoms with Crippen LogP contribution in [0.2, 0.25) is 0 Å². The van der Waals surface area contributed by atoms with Gasteiger partial charge < -0.3 is 10.4 Å². The number of aromatic nitrogens is 1. The van der Waals surface area contributed by atoms with Gasteiger partial charge in [-0.1, -0.05) is 11.6 Å². The maximum atomic E-state index is 10.6. The molecule has 5 nitrogen and oxygen atoms in total. The number of aliphatic carboxylic acids is 1. The van der Waals surface area contributed by atoms with Gasteiger partial charge in [0.05, 0.1) is 11.3 Å². The lowest BCUT2D eigenvalue weighted by Crippen LogP contribution is -2.00. The Kier molecular flexibility index (Phi) is 3.61. The summed E-state index contributed by atoms with van der Waals surface area (Å²) < 4.78 is 0. The van der Waals surface area contributed by atoms with Crippen molar-refractivity contribution in [1.82, 2.24) is 4.98 Å². The second-order valence-electron chi connectivity index (χ2n) is 2.13. The zero-order valence-electron chi connectivity index (χ0n) is 6.73. The van der Waals surface area contributed by atoms with E-state index in [0.29, 0.717) is 11.5 Å². The van der Waals surface area contributed by atoms with Crippen molar-refractivity contribution in [3.8, 4) is 0 Å². The highest BCUT2D eigenvalue weighted by Gasteiger charge is 2.13. The summed E-state index contributed by atoms with van der Waals surface area (Å²) >= 11 is 6.43. The topological polar surface area (TPSA) is 79.3 Å². The lowest BCUT2D eigenvalue weighted by molar-refractivity contribution is -0.130. The van der Waals surface area contributed by atoms with Crippen LogP contribution in [-0.2, 0) is 9.59 Å². The summed E-state index contributed by atoms with van der Waals surface area (Å²) in [7, 11) is 0. The van der Waals surface area contributed by atoms with E-state index in [4.69, 9.17) is 16.7 Å². The van der Waals surface area contributed by atoms with Gasteiger partial charge in [0, 0.05) is 10.9 Å². The third-order valence-corrected chi connectivity index (χ3v) is 2.29. The van der Waals surface area contributed by atoms with Gasteiger partial charge in [0.1, 0.15) is 0 Å². The Morgan fingerprint density at radius 3 is 2.93 bits per heavy atom. The first-order valence-corrected chi connectivity index (χ1v) is 4.70. The Morgan fingerprint density at radius 2 is 2.43 bits per heavy atom. The van der Waals surface area contributed by atoms with Crippen molar-refractivity contribution in [2.45, 2.75) is 0 Å². The largest absolute Gasteiger partial charge is 0.478 e. The average Bonchev–Trinajstić information content (AvgIpc) is 2.54. The zero-order valence-corrected chi connectivity index (χ0v) is 8.30. The van der Waals surface area contributed by atoms with Crippen LogP contribution in [0.5, 0.6) is 0 Å². The molecule has 7 heteroatoms. The Hall–Kier alpha value is -1.40. The zero-order chi connectivity index (χ0) is 10.6. The first-order valence-electron chi connectivity index (χ1n) is 3.38. The summed E-state index contributed by atoms with van der Waals surface area (Å²) in [4.78, 5) is 24.5. The maximum Gasteiger partial charge on any atom is 0.338 e. The van der Waals surface area contributed by atoms with Gasteiger partial charge in [-0.3, -0.25) is 4.79 Å². The van der Waals surface area contributed by atoms with Gasteiger partial charge in [-0.2, -0.15) is 0 Å². The van der Waals surface area contributed by atoms with E-state index in [1.807, 2.05) is 0 Å². The van der Waals surface area contributed by atoms with Crippen molar-refractivity contribution in [1.29, 1.82) is 0 Å². The number of amides is 1. The van der Waals surface area contributed by atoms with Crippen molar-refractivity contribution in [3.05, 3.63) is 16.6 Å². The molecule has 14 heavy (non-hydrogen) atoms. The van der Waals surface area contributed by atoms with Crippen molar-refractivity contribution in [3.63, 3.8) is 0 Å². The monoisotopic (exact) mass is 232 g/mol. The maximum absolute atomic E-state index is 10.6. The quantitative estimate of drug-likeness (QED) is 0.607. The first kappa shape index (κ1) is 10.7. The Bertz CT molecular complexity index is 388. The average molecular weight is 233 g/mol. The smallest absolute Gasteiger partial charge is 0.338 e. The van der Waals surface area contributed by atoms with Gasteiger partial charge in [-0.15, -0.1) is 11.3 Å². The van der Waals surface area contributed by atoms with Crippen LogP contribution >= 0.6 is 22.9 Å². The summed E-state index contributed by atoms with van der Waals surface area (Å²) in [6.07, 6.45) is 0.466. The standard InChI is InChI=1S/C7H5ClN2O3S/c8-1-4(6(12)13)5-2-14-7(10-5)9-3-11/h1-3H,(H,12,13)(H,9,10,11)/b4-1+. The SMILES string of the molecule is O=CNc1nc(/C(=C\Cl)C(=O)O)cs1. The molecule has 0 bridgehead atoms. The summed E-state index contributed by atoms with van der Waals surface area (Å²) in [5, 5.41) is 12.8. The minimum absolute atomic E-state index is 0.109. The van der Waals surface area contributed by atoms with Crippen LogP contribution in [0.15, 0.2) is 10.9 Å². The number of nitrogens with one attached hydrogen (secondary N) is 1. The third-order valence-electron chi connectivity index (χ3n) is 1.30. The number of carbonyl (C=O) groups is 2. The van der Waals surface area contributed by atoms with E-state index < -0.39 is 5.97 Å². The number of halogens is 1. The number of thiazole rings is 1. The number of nitrogens with zero attached hydrogens (tertiary/aromatic N) is 1. The Morgan fingerprint density at radius 1 is 1.71 bits per heavy atom. The molecule has 0 aliphatic carbocycles. The number of carboxylic acids is 1. The number of rotatable bonds is 4. The minimum Gasteiger partial charge on any atom is -0.478 e. The van der Waals surface area contributed by atoms with Crippen LogP contribution in [0.1, 0.15) is 5.69 Å². The van der Waals surface area contributed by atoms with Crippen molar-refractivity contribution in [2.75, 3.05) is 5.32 Å². The molecule has 2 N–H and O–H groups in total. The molecular weight excluding hydrogens is 228 g/mol. The molecule has 0 atom stereocenters. The molecule has 1 rings (SSSR count). The summed E-state index contributed by atoms with van der Waals surface area (Å²) in [5.74, 6) is -1.16. The summed E-state index contributed by atoms with van der Waals surface area (Å²) in [6.45, 7) is 0. The van der Waals surface area contributed by atoms with Crippen LogP contribution in [0.25, 0.3) is 5.57 Å². The number of carboxylic acid groups (broad SMARTS) is 1. The predicted molar refractivity (Wildman–Crippen MR) is 53.3 cm³/mol. The number of hydrogen-bond donors (Lipinski definition) is 2. The van der Waals surface area contributed by atoms with Gasteiger partial charge in [0.25, 0.3) is 0 Å². The summed E-state index contributed by atoms with van der Waals surface area (Å²) in [6, 6.07) is 0. The molecule has 0 aliphatic rings.